The molecule has 1 aliphatic rings. The lowest BCUT2D eigenvalue weighted by molar-refractivity contribution is -0.120. The smallest absolute Gasteiger partial charge is 0.253 e. The highest BCUT2D eigenvalue weighted by Gasteiger charge is 2.25. The quantitative estimate of drug-likeness (QED) is 0.882. The fourth-order valence-corrected chi connectivity index (χ4v) is 3.05. The third kappa shape index (κ3) is 4.12. The third-order valence-corrected chi connectivity index (χ3v) is 4.19. The largest absolute Gasteiger partial charge is 0.382 e. The number of benzene rings is 1. The van der Waals surface area contributed by atoms with Crippen molar-refractivity contribution in [2.45, 2.75) is 25.8 Å². The molecule has 1 aromatic carbocycles. The average Bonchev–Trinajstić information content (AvgIpc) is 2.61. The molecule has 1 fully saturated rings. The van der Waals surface area contributed by atoms with E-state index in [0.717, 1.165) is 18.4 Å². The fraction of sp³-hybridized carbons (Fsp3) is 0.333. The maximum atomic E-state index is 12.8. The van der Waals surface area contributed by atoms with Crippen LogP contribution in [0.15, 0.2) is 36.7 Å². The van der Waals surface area contributed by atoms with Crippen LogP contribution < -0.4 is 11.1 Å². The Kier molecular flexibility index (Phi) is 4.92. The van der Waals surface area contributed by atoms with Gasteiger partial charge in [0.15, 0.2) is 0 Å². The molecule has 2 amide bonds. The van der Waals surface area contributed by atoms with Gasteiger partial charge in [-0.3, -0.25) is 14.6 Å². The summed E-state index contributed by atoms with van der Waals surface area (Å²) in [7, 11) is 0. The number of piperidine rings is 1. The zero-order valence-electron chi connectivity index (χ0n) is 14.1. The molecule has 0 bridgehead atoms. The summed E-state index contributed by atoms with van der Waals surface area (Å²) in [6.45, 7) is 2.73. The highest BCUT2D eigenvalue weighted by molar-refractivity contribution is 5.95. The summed E-state index contributed by atoms with van der Waals surface area (Å²) in [6, 6.07) is 7.33. The van der Waals surface area contributed by atoms with E-state index in [1.54, 1.807) is 17.2 Å². The van der Waals surface area contributed by atoms with Gasteiger partial charge in [-0.25, -0.2) is 4.98 Å². The Morgan fingerprint density at radius 2 is 2.12 bits per heavy atom. The zero-order chi connectivity index (χ0) is 17.8. The molecule has 130 valence electrons. The molecule has 3 N–H and O–H groups in total. The molecule has 3 rings (SSSR count). The molecule has 1 aromatic heterocycles. The average molecular weight is 339 g/mol. The summed E-state index contributed by atoms with van der Waals surface area (Å²) >= 11 is 0. The molecule has 0 spiro atoms. The Labute approximate surface area is 146 Å². The lowest BCUT2D eigenvalue weighted by Gasteiger charge is -2.33. The molecule has 0 saturated carbocycles. The molecule has 1 atom stereocenters. The van der Waals surface area contributed by atoms with Gasteiger partial charge < -0.3 is 16.0 Å². The van der Waals surface area contributed by atoms with Gasteiger partial charge in [0.2, 0.25) is 5.91 Å². The number of rotatable bonds is 3. The van der Waals surface area contributed by atoms with Crippen molar-refractivity contribution < 1.29 is 9.59 Å². The molecule has 25 heavy (non-hydrogen) atoms. The first-order chi connectivity index (χ1) is 12.0. The molecule has 2 aromatic rings. The van der Waals surface area contributed by atoms with Crippen LogP contribution in [0.2, 0.25) is 0 Å². The highest BCUT2D eigenvalue weighted by atomic mass is 16.2. The number of nitrogen functional groups attached to an aromatic ring is 1. The Bertz CT molecular complexity index is 775. The molecule has 2 heterocycles. The number of carbonyl (C=O) groups excluding carboxylic acids is 2. The maximum absolute atomic E-state index is 12.8. The van der Waals surface area contributed by atoms with Gasteiger partial charge >= 0.3 is 0 Å². The zero-order valence-corrected chi connectivity index (χ0v) is 14.1. The summed E-state index contributed by atoms with van der Waals surface area (Å²) in [4.78, 5) is 34.1. The van der Waals surface area contributed by atoms with Crippen molar-refractivity contribution in [2.24, 2.45) is 0 Å². The molecule has 0 unspecified atom stereocenters. The van der Waals surface area contributed by atoms with Crippen molar-refractivity contribution in [2.75, 3.05) is 18.8 Å². The second kappa shape index (κ2) is 7.29. The predicted octanol–water partition coefficient (Wildman–Crippen LogP) is 1.47. The predicted molar refractivity (Wildman–Crippen MR) is 94.6 cm³/mol. The summed E-state index contributed by atoms with van der Waals surface area (Å²) in [6.07, 6.45) is 4.85. The Balaban J connectivity index is 1.77. The summed E-state index contributed by atoms with van der Waals surface area (Å²) in [5.74, 6) is 0.247. The van der Waals surface area contributed by atoms with E-state index in [1.807, 2.05) is 18.2 Å². The number of hydrogen-bond donors (Lipinski definition) is 2. The first-order valence-corrected chi connectivity index (χ1v) is 8.27. The standard InChI is InChI=1S/C18H21N5O2/c1-12(24)22-15-6-3-7-23(11-15)18(25)14-5-2-4-13(8-14)16-9-21-17(19)10-20-16/h2,4-5,8-10,15H,3,6-7,11H2,1H3,(H2,19,21)(H,22,24)/t15-/m1/s1. The molecule has 1 aliphatic heterocycles. The molecule has 0 radical (unpaired) electrons. The number of anilines is 1. The van der Waals surface area contributed by atoms with Crippen molar-refractivity contribution in [1.29, 1.82) is 0 Å². The van der Waals surface area contributed by atoms with Crippen LogP contribution in [0.3, 0.4) is 0 Å². The van der Waals surface area contributed by atoms with Crippen LogP contribution in [0.5, 0.6) is 0 Å². The minimum absolute atomic E-state index is 0.0151. The number of nitrogens with zero attached hydrogens (tertiary/aromatic N) is 3. The second-order valence-corrected chi connectivity index (χ2v) is 6.20. The minimum atomic E-state index is -0.0665. The monoisotopic (exact) mass is 339 g/mol. The van der Waals surface area contributed by atoms with Crippen molar-refractivity contribution in [3.05, 3.63) is 42.2 Å². The van der Waals surface area contributed by atoms with Crippen LogP contribution in [0, 0.1) is 0 Å². The van der Waals surface area contributed by atoms with Crippen molar-refractivity contribution in [3.8, 4) is 11.3 Å². The van der Waals surface area contributed by atoms with Crippen molar-refractivity contribution >= 4 is 17.6 Å². The number of hydrogen-bond acceptors (Lipinski definition) is 5. The first-order valence-electron chi connectivity index (χ1n) is 8.27. The Morgan fingerprint density at radius 3 is 2.84 bits per heavy atom. The van der Waals surface area contributed by atoms with Gasteiger partial charge in [-0.1, -0.05) is 12.1 Å². The second-order valence-electron chi connectivity index (χ2n) is 6.20. The Morgan fingerprint density at radius 1 is 1.28 bits per heavy atom. The van der Waals surface area contributed by atoms with Gasteiger partial charge in [-0.15, -0.1) is 0 Å². The molecule has 1 saturated heterocycles. The SMILES string of the molecule is CC(=O)N[C@@H]1CCCN(C(=O)c2cccc(-c3cnc(N)cn3)c2)C1. The molecule has 7 nitrogen and oxygen atoms in total. The van der Waals surface area contributed by atoms with Gasteiger partial charge in [0.25, 0.3) is 5.91 Å². The molecular weight excluding hydrogens is 318 g/mol. The first kappa shape index (κ1) is 16.9. The van der Waals surface area contributed by atoms with E-state index in [1.165, 1.54) is 13.1 Å². The van der Waals surface area contributed by atoms with Gasteiger partial charge in [0.1, 0.15) is 5.82 Å². The minimum Gasteiger partial charge on any atom is -0.382 e. The van der Waals surface area contributed by atoms with Crippen LogP contribution in [0.1, 0.15) is 30.1 Å². The van der Waals surface area contributed by atoms with E-state index in [2.05, 4.69) is 15.3 Å². The van der Waals surface area contributed by atoms with Crippen LogP contribution >= 0.6 is 0 Å². The van der Waals surface area contributed by atoms with E-state index in [9.17, 15) is 9.59 Å². The van der Waals surface area contributed by atoms with E-state index >= 15 is 0 Å². The van der Waals surface area contributed by atoms with Gasteiger partial charge in [0.05, 0.1) is 18.1 Å². The number of carbonyl (C=O) groups is 2. The highest BCUT2D eigenvalue weighted by Crippen LogP contribution is 2.20. The van der Waals surface area contributed by atoms with Crippen molar-refractivity contribution in [1.82, 2.24) is 20.2 Å². The molecule has 7 heteroatoms. The van der Waals surface area contributed by atoms with Crippen LogP contribution in [0.25, 0.3) is 11.3 Å². The van der Waals surface area contributed by atoms with Gasteiger partial charge in [0, 0.05) is 37.2 Å². The van der Waals surface area contributed by atoms with E-state index < -0.39 is 0 Å². The molecular formula is C18H21N5O2. The fourth-order valence-electron chi connectivity index (χ4n) is 3.05. The number of amides is 2. The number of likely N-dealkylation sites (tertiary alicyclic amines) is 1. The van der Waals surface area contributed by atoms with Gasteiger partial charge in [-0.2, -0.15) is 0 Å². The lowest BCUT2D eigenvalue weighted by atomic mass is 10.0. The van der Waals surface area contributed by atoms with E-state index in [-0.39, 0.29) is 17.9 Å². The molecule has 0 aliphatic carbocycles. The summed E-state index contributed by atoms with van der Waals surface area (Å²) in [5, 5.41) is 2.90. The maximum Gasteiger partial charge on any atom is 0.253 e. The van der Waals surface area contributed by atoms with Gasteiger partial charge in [-0.05, 0) is 25.0 Å². The van der Waals surface area contributed by atoms with E-state index in [0.29, 0.717) is 30.2 Å². The van der Waals surface area contributed by atoms with Crippen LogP contribution in [-0.4, -0.2) is 45.8 Å². The summed E-state index contributed by atoms with van der Waals surface area (Å²) < 4.78 is 0. The Hall–Kier alpha value is -2.96. The normalized spacial score (nSPS) is 17.2. The lowest BCUT2D eigenvalue weighted by Crippen LogP contribution is -2.49. The summed E-state index contributed by atoms with van der Waals surface area (Å²) in [5.41, 5.74) is 7.64. The number of nitrogens with two attached hydrogens (primary N) is 1. The topological polar surface area (TPSA) is 101 Å². The number of nitrogens with one attached hydrogen (secondary N) is 1. The van der Waals surface area contributed by atoms with Crippen molar-refractivity contribution in [3.63, 3.8) is 0 Å². The van der Waals surface area contributed by atoms with Crippen LogP contribution in [0.4, 0.5) is 5.82 Å². The van der Waals surface area contributed by atoms with E-state index in [4.69, 9.17) is 5.73 Å². The van der Waals surface area contributed by atoms with Crippen LogP contribution in [-0.2, 0) is 4.79 Å². The third-order valence-electron chi connectivity index (χ3n) is 4.19. The number of aromatic nitrogens is 2.